The Balaban J connectivity index is 2.68. The summed E-state index contributed by atoms with van der Waals surface area (Å²) in [6, 6.07) is 0.0610. The molecule has 1 aliphatic rings. The Hall–Kier alpha value is -1.50. The van der Waals surface area contributed by atoms with Crippen molar-refractivity contribution in [3.63, 3.8) is 0 Å². The number of esters is 1. The number of carbonyl (C=O) groups excluding carboxylic acids is 3. The van der Waals surface area contributed by atoms with Crippen LogP contribution < -0.4 is 5.32 Å². The van der Waals surface area contributed by atoms with Gasteiger partial charge in [-0.2, -0.15) is 0 Å². The van der Waals surface area contributed by atoms with Crippen molar-refractivity contribution < 1.29 is 19.1 Å². The van der Waals surface area contributed by atoms with Crippen molar-refractivity contribution in [2.45, 2.75) is 26.3 Å². The zero-order chi connectivity index (χ0) is 14.4. The van der Waals surface area contributed by atoms with E-state index in [0.717, 1.165) is 6.42 Å². The number of thioether (sulfide) groups is 1. The molecule has 0 bridgehead atoms. The number of methoxy groups -OCH3 is 1. The molecule has 2 amide bonds. The van der Waals surface area contributed by atoms with Crippen molar-refractivity contribution in [2.24, 2.45) is 0 Å². The molecule has 0 saturated carbocycles. The molecule has 1 N–H and O–H groups in total. The molecule has 0 radical (unpaired) electrons. The Morgan fingerprint density at radius 3 is 2.84 bits per heavy atom. The van der Waals surface area contributed by atoms with Crippen LogP contribution >= 0.6 is 11.8 Å². The fourth-order valence-corrected chi connectivity index (χ4v) is 2.35. The monoisotopic (exact) mass is 286 g/mol. The lowest BCUT2D eigenvalue weighted by Gasteiger charge is -2.18. The van der Waals surface area contributed by atoms with Crippen molar-refractivity contribution in [2.75, 3.05) is 19.4 Å². The maximum Gasteiger partial charge on any atom is 0.333 e. The number of ether oxygens (including phenoxy) is 1. The van der Waals surface area contributed by atoms with Crippen LogP contribution in [0.4, 0.5) is 0 Å². The third-order valence-corrected chi connectivity index (χ3v) is 3.70. The molecule has 1 fully saturated rings. The van der Waals surface area contributed by atoms with Crippen molar-refractivity contribution in [3.8, 4) is 0 Å². The average molecular weight is 286 g/mol. The lowest BCUT2D eigenvalue weighted by atomic mass is 10.2. The topological polar surface area (TPSA) is 75.7 Å². The summed E-state index contributed by atoms with van der Waals surface area (Å²) in [5.74, 6) is -0.718. The smallest absolute Gasteiger partial charge is 0.333 e. The van der Waals surface area contributed by atoms with Crippen molar-refractivity contribution in [1.82, 2.24) is 10.2 Å². The first kappa shape index (κ1) is 15.6. The molecule has 1 heterocycles. The Kier molecular flexibility index (Phi) is 5.88. The lowest BCUT2D eigenvalue weighted by Crippen LogP contribution is -2.41. The molecule has 0 aromatic rings. The van der Waals surface area contributed by atoms with E-state index in [1.54, 1.807) is 0 Å². The van der Waals surface area contributed by atoms with E-state index in [1.165, 1.54) is 29.8 Å². The predicted octanol–water partition coefficient (Wildman–Crippen LogP) is 0.491. The van der Waals surface area contributed by atoms with Gasteiger partial charge in [-0.25, -0.2) is 4.79 Å². The van der Waals surface area contributed by atoms with Gasteiger partial charge < -0.3 is 10.1 Å². The summed E-state index contributed by atoms with van der Waals surface area (Å²) in [5.41, 5.74) is 0. The summed E-state index contributed by atoms with van der Waals surface area (Å²) in [6.45, 7) is 3.78. The van der Waals surface area contributed by atoms with Gasteiger partial charge in [0.2, 0.25) is 11.8 Å². The van der Waals surface area contributed by atoms with Gasteiger partial charge in [-0.05, 0) is 13.3 Å². The minimum absolute atomic E-state index is 0.0610. The molecule has 0 aromatic carbocycles. The fourth-order valence-electron chi connectivity index (χ4n) is 1.43. The molecular formula is C12H18N2O4S. The number of amides is 2. The van der Waals surface area contributed by atoms with E-state index in [9.17, 15) is 14.4 Å². The molecule has 1 saturated heterocycles. The first-order chi connectivity index (χ1) is 8.97. The van der Waals surface area contributed by atoms with E-state index in [2.05, 4.69) is 10.1 Å². The fraction of sp³-hybridized carbons (Fsp3) is 0.583. The van der Waals surface area contributed by atoms with Crippen LogP contribution in [-0.2, 0) is 19.1 Å². The highest BCUT2D eigenvalue weighted by atomic mass is 32.2. The molecule has 0 unspecified atom stereocenters. The molecule has 6 nitrogen and oxygen atoms in total. The van der Waals surface area contributed by atoms with Crippen LogP contribution in [0.3, 0.4) is 0 Å². The van der Waals surface area contributed by atoms with E-state index in [-0.39, 0.29) is 30.2 Å². The highest BCUT2D eigenvalue weighted by Gasteiger charge is 2.29. The van der Waals surface area contributed by atoms with Gasteiger partial charge in [0.05, 0.1) is 24.0 Å². The summed E-state index contributed by atoms with van der Waals surface area (Å²) in [4.78, 5) is 35.9. The predicted molar refractivity (Wildman–Crippen MR) is 72.2 cm³/mol. The van der Waals surface area contributed by atoms with E-state index in [1.807, 2.05) is 13.8 Å². The van der Waals surface area contributed by atoms with E-state index in [0.29, 0.717) is 5.03 Å². The largest absolute Gasteiger partial charge is 0.466 e. The summed E-state index contributed by atoms with van der Waals surface area (Å²) < 4.78 is 4.52. The van der Waals surface area contributed by atoms with Gasteiger partial charge in [-0.1, -0.05) is 18.7 Å². The van der Waals surface area contributed by atoms with E-state index >= 15 is 0 Å². The maximum absolute atomic E-state index is 11.8. The molecule has 1 aliphatic heterocycles. The zero-order valence-electron chi connectivity index (χ0n) is 11.3. The molecule has 0 spiro atoms. The van der Waals surface area contributed by atoms with Crippen LogP contribution in [0.1, 0.15) is 20.3 Å². The normalized spacial score (nSPS) is 18.6. The van der Waals surface area contributed by atoms with Crippen LogP contribution in [0.5, 0.6) is 0 Å². The molecule has 106 valence electrons. The third kappa shape index (κ3) is 4.59. The first-order valence-electron chi connectivity index (χ1n) is 6.00. The van der Waals surface area contributed by atoms with Crippen LogP contribution in [0.2, 0.25) is 0 Å². The Bertz CT molecular complexity index is 409. The second-order valence-electron chi connectivity index (χ2n) is 4.15. The summed E-state index contributed by atoms with van der Waals surface area (Å²) in [6.07, 6.45) is 2.05. The lowest BCUT2D eigenvalue weighted by molar-refractivity contribution is -0.135. The first-order valence-corrected chi connectivity index (χ1v) is 6.98. The standard InChI is InChI=1S/C12H18N2O4S/c1-4-8(2)13-9(15)6-14-10(16)7-19-11(14)5-12(17)18-3/h5,8H,4,6-7H2,1-3H3,(H,13,15)/b11-5+/t8-/m1/s1. The maximum atomic E-state index is 11.8. The van der Waals surface area contributed by atoms with Gasteiger partial charge in [0, 0.05) is 6.04 Å². The number of nitrogens with one attached hydrogen (secondary N) is 1. The number of nitrogens with zero attached hydrogens (tertiary/aromatic N) is 1. The minimum atomic E-state index is -0.537. The molecule has 1 atom stereocenters. The van der Waals surface area contributed by atoms with E-state index in [4.69, 9.17) is 0 Å². The van der Waals surface area contributed by atoms with Crippen molar-refractivity contribution >= 4 is 29.5 Å². The zero-order valence-corrected chi connectivity index (χ0v) is 12.1. The Morgan fingerprint density at radius 1 is 1.58 bits per heavy atom. The van der Waals surface area contributed by atoms with Crippen LogP contribution in [0.15, 0.2) is 11.1 Å². The highest BCUT2D eigenvalue weighted by molar-refractivity contribution is 8.04. The van der Waals surface area contributed by atoms with Gasteiger partial charge in [0.25, 0.3) is 0 Å². The van der Waals surface area contributed by atoms with Gasteiger partial charge in [0.15, 0.2) is 0 Å². The number of rotatable bonds is 5. The van der Waals surface area contributed by atoms with Crippen LogP contribution in [0, 0.1) is 0 Å². The Labute approximate surface area is 116 Å². The van der Waals surface area contributed by atoms with Crippen molar-refractivity contribution in [1.29, 1.82) is 0 Å². The molecular weight excluding hydrogens is 268 g/mol. The number of hydrogen-bond donors (Lipinski definition) is 1. The number of hydrogen-bond acceptors (Lipinski definition) is 5. The molecule has 7 heteroatoms. The molecule has 0 aromatic heterocycles. The minimum Gasteiger partial charge on any atom is -0.466 e. The second-order valence-corrected chi connectivity index (χ2v) is 5.15. The van der Waals surface area contributed by atoms with Gasteiger partial charge >= 0.3 is 5.97 Å². The summed E-state index contributed by atoms with van der Waals surface area (Å²) in [7, 11) is 1.26. The molecule has 19 heavy (non-hydrogen) atoms. The third-order valence-electron chi connectivity index (χ3n) is 2.67. The molecule has 1 rings (SSSR count). The van der Waals surface area contributed by atoms with Gasteiger partial charge in [-0.15, -0.1) is 0 Å². The summed E-state index contributed by atoms with van der Waals surface area (Å²) in [5, 5.41) is 3.23. The molecule has 0 aliphatic carbocycles. The van der Waals surface area contributed by atoms with Crippen LogP contribution in [-0.4, -0.2) is 48.1 Å². The number of carbonyl (C=O) groups is 3. The van der Waals surface area contributed by atoms with Crippen molar-refractivity contribution in [3.05, 3.63) is 11.1 Å². The average Bonchev–Trinajstić information content (AvgIpc) is 2.71. The van der Waals surface area contributed by atoms with Gasteiger partial charge in [0.1, 0.15) is 6.54 Å². The quantitative estimate of drug-likeness (QED) is 0.588. The second kappa shape index (κ2) is 7.18. The van der Waals surface area contributed by atoms with Crippen LogP contribution in [0.25, 0.3) is 0 Å². The Morgan fingerprint density at radius 2 is 2.26 bits per heavy atom. The van der Waals surface area contributed by atoms with Gasteiger partial charge in [-0.3, -0.25) is 14.5 Å². The summed E-state index contributed by atoms with van der Waals surface area (Å²) >= 11 is 1.23. The van der Waals surface area contributed by atoms with E-state index < -0.39 is 5.97 Å². The SMILES string of the molecule is CC[C@@H](C)NC(=O)CN1C(=O)CS/C1=C/C(=O)OC. The highest BCUT2D eigenvalue weighted by Crippen LogP contribution is 2.28.